The Bertz CT molecular complexity index is 4900. The van der Waals surface area contributed by atoms with Crippen LogP contribution in [0.2, 0.25) is 5.02 Å². The van der Waals surface area contributed by atoms with Gasteiger partial charge in [0.15, 0.2) is 23.3 Å². The van der Waals surface area contributed by atoms with Crippen LogP contribution in [-0.2, 0) is 97.1 Å². The first-order chi connectivity index (χ1) is 58.7. The number of carbonyl (C=O) groups is 10. The van der Waals surface area contributed by atoms with Crippen LogP contribution in [0.4, 0.5) is 28.8 Å². The number of thiophene rings is 1. The number of nitrogens with one attached hydrogen (secondary N) is 10. The van der Waals surface area contributed by atoms with Crippen LogP contribution < -0.4 is 53.2 Å². The molecule has 0 bridgehead atoms. The van der Waals surface area contributed by atoms with Crippen LogP contribution in [0.3, 0.4) is 0 Å². The number of aryl methyl sites for hydroxylation is 7. The van der Waals surface area contributed by atoms with Crippen molar-refractivity contribution in [3.8, 4) is 5.00 Å². The van der Waals surface area contributed by atoms with Crippen molar-refractivity contribution >= 4 is 117 Å². The summed E-state index contributed by atoms with van der Waals surface area (Å²) in [7, 11) is 11.8. The van der Waals surface area contributed by atoms with Crippen LogP contribution in [0.15, 0.2) is 72.4 Å². The van der Waals surface area contributed by atoms with Gasteiger partial charge in [0, 0.05) is 139 Å². The zero-order chi connectivity index (χ0) is 87.6. The van der Waals surface area contributed by atoms with E-state index in [-0.39, 0.29) is 147 Å². The fraction of sp³-hybridized carbons (Fsp3) is 0.494. The van der Waals surface area contributed by atoms with Gasteiger partial charge in [-0.2, -0.15) is 0 Å². The van der Waals surface area contributed by atoms with Crippen LogP contribution in [0.1, 0.15) is 131 Å². The summed E-state index contributed by atoms with van der Waals surface area (Å²) in [6.07, 6.45) is 8.07. The average molecular weight is 1740 g/mol. The van der Waals surface area contributed by atoms with Gasteiger partial charge in [-0.25, -0.2) is 15.0 Å². The molecule has 122 heavy (non-hydrogen) atoms. The second-order valence-corrected chi connectivity index (χ2v) is 30.0. The van der Waals surface area contributed by atoms with Crippen molar-refractivity contribution in [2.24, 2.45) is 40.2 Å². The van der Waals surface area contributed by atoms with E-state index in [0.29, 0.717) is 110 Å². The molecule has 41 nitrogen and oxygen atoms in total. The number of fused-ring (bicyclic) bond motifs is 3. The number of aromatic nitrogens is 11. The quantitative estimate of drug-likeness (QED) is 0.0244. The molecule has 0 aliphatic carbocycles. The summed E-state index contributed by atoms with van der Waals surface area (Å²) in [6.45, 7) is 13.3. The van der Waals surface area contributed by atoms with Crippen molar-refractivity contribution in [1.82, 2.24) is 84.0 Å². The standard InChI is InChI=1S/C79H108ClN23O18S/c1-50-51(2)122-79-68(50)69(53-12-14-54(80)15-13-53)88-57(70-96-95-52(3)103(70)79)44-67(108)82-24-27-115-29-31-117-33-35-119-37-39-121-41-40-120-38-36-118-34-32-116-30-28-114-26-19-66(107)91-62-49-102(10)73(94-62)78(113)87-56-43-59(99(7)46-56)75(110)84-23-18-65(106)90-61-48-101(9)72(93-61)77(112)86-55-42-58(98(6)45-55)74(109)83-22-17-64(105)89-60-47-100(8)71(92-60)76(111)85-21-16-63(104)81-20-11-25-97(4)5/h12-15,42-43,45-49,57H,11,16-41,44H2,1-10H3,(H,81,104)(H,82,108)(H,83,109)(H,84,110)(H,85,111)(H,86,112)(H,87,113)(H,89,105)(H,90,106)(H,91,107)/t57-/m0/s1. The lowest BCUT2D eigenvalue weighted by atomic mass is 9.99. The van der Waals surface area contributed by atoms with Gasteiger partial charge in [0.1, 0.15) is 28.3 Å². The molecule has 0 unspecified atom stereocenters. The number of benzene rings is 1. The van der Waals surface area contributed by atoms with E-state index in [1.165, 1.54) is 70.8 Å². The third-order valence-electron chi connectivity index (χ3n) is 18.4. The molecule has 10 N–H and O–H groups in total. The fourth-order valence-electron chi connectivity index (χ4n) is 12.2. The molecule has 8 heterocycles. The summed E-state index contributed by atoms with van der Waals surface area (Å²) >= 11 is 7.90. The molecule has 10 amide bonds. The van der Waals surface area contributed by atoms with Gasteiger partial charge in [0.2, 0.25) is 47.0 Å². The van der Waals surface area contributed by atoms with Crippen molar-refractivity contribution in [3.05, 3.63) is 134 Å². The molecule has 1 atom stereocenters. The highest BCUT2D eigenvalue weighted by Gasteiger charge is 2.33. The van der Waals surface area contributed by atoms with E-state index >= 15 is 0 Å². The summed E-state index contributed by atoms with van der Waals surface area (Å²) < 4.78 is 53.9. The number of ether oxygens (including phenoxy) is 8. The van der Waals surface area contributed by atoms with Crippen molar-refractivity contribution in [1.29, 1.82) is 0 Å². The molecule has 0 fully saturated rings. The summed E-state index contributed by atoms with van der Waals surface area (Å²) in [4.78, 5) is 151. The zero-order valence-electron chi connectivity index (χ0n) is 70.2. The number of imidazole rings is 3. The number of rotatable bonds is 53. The molecular weight excluding hydrogens is 1630 g/mol. The van der Waals surface area contributed by atoms with Gasteiger partial charge in [-0.15, -0.1) is 21.5 Å². The Hall–Kier alpha value is -11.4. The molecule has 7 aromatic heterocycles. The first-order valence-electron chi connectivity index (χ1n) is 39.7. The Kier molecular flexibility index (Phi) is 37.3. The Balaban J connectivity index is 0.534. The predicted octanol–water partition coefficient (Wildman–Crippen LogP) is 3.55. The molecule has 1 aromatic carbocycles. The second kappa shape index (κ2) is 48.3. The largest absolute Gasteiger partial charge is 0.379 e. The fourth-order valence-corrected chi connectivity index (χ4v) is 13.5. The van der Waals surface area contributed by atoms with E-state index in [2.05, 4.69) is 92.2 Å². The first-order valence-corrected chi connectivity index (χ1v) is 40.9. The minimum absolute atomic E-state index is 0.0138. The van der Waals surface area contributed by atoms with Crippen molar-refractivity contribution in [2.45, 2.75) is 65.3 Å². The average Bonchev–Trinajstić information content (AvgIpc) is 1.59. The Morgan fingerprint density at radius 1 is 0.443 bits per heavy atom. The molecule has 0 radical (unpaired) electrons. The topological polar surface area (TPSA) is 474 Å². The zero-order valence-corrected chi connectivity index (χ0v) is 71.7. The van der Waals surface area contributed by atoms with Crippen LogP contribution in [0.5, 0.6) is 0 Å². The molecule has 1 aliphatic heterocycles. The number of halogens is 1. The molecule has 0 saturated carbocycles. The molecule has 0 spiro atoms. The van der Waals surface area contributed by atoms with Gasteiger partial charge in [-0.3, -0.25) is 57.5 Å². The van der Waals surface area contributed by atoms with Crippen LogP contribution >= 0.6 is 22.9 Å². The summed E-state index contributed by atoms with van der Waals surface area (Å²) in [5, 5.41) is 37.5. The van der Waals surface area contributed by atoms with Gasteiger partial charge >= 0.3 is 0 Å². The minimum atomic E-state index is -0.654. The molecule has 660 valence electrons. The minimum Gasteiger partial charge on any atom is -0.379 e. The molecule has 0 saturated heterocycles. The maximum atomic E-state index is 13.4. The maximum Gasteiger partial charge on any atom is 0.291 e. The van der Waals surface area contributed by atoms with Gasteiger partial charge in [0.05, 0.1) is 136 Å². The molecule has 8 aromatic rings. The van der Waals surface area contributed by atoms with Crippen molar-refractivity contribution in [3.63, 3.8) is 0 Å². The number of nitrogens with zero attached hydrogens (tertiary/aromatic N) is 13. The lowest BCUT2D eigenvalue weighted by Gasteiger charge is -2.13. The smallest absolute Gasteiger partial charge is 0.291 e. The SMILES string of the molecule is Cc1sc2c(c1C)C(c1ccc(Cl)cc1)=N[C@@H](CC(=O)NCCOCCOCCOCCOCCOCCOCCOCCOCCC(=O)Nc1cn(C)c(C(=O)Nc3cc(C(=O)NCCC(=O)Nc4cn(C)c(C(=O)Nc5cc(C(=O)NCCC(=O)Nc6cn(C)c(C(=O)NCCC(=O)NCCCN(C)C)n6)n(C)c5)n4)n(C)c3)n1)c1nnc(C)n1-2. The lowest BCUT2D eigenvalue weighted by Crippen LogP contribution is -2.32. The number of aliphatic imine (C=N–C) groups is 1. The van der Waals surface area contributed by atoms with Gasteiger partial charge in [0.25, 0.3) is 29.5 Å². The van der Waals surface area contributed by atoms with E-state index in [0.717, 1.165) is 46.2 Å². The summed E-state index contributed by atoms with van der Waals surface area (Å²) in [5.74, 6) is -3.06. The number of amides is 10. The third kappa shape index (κ3) is 29.4. The number of hydrogen-bond acceptors (Lipinski definition) is 26. The van der Waals surface area contributed by atoms with Crippen LogP contribution in [0, 0.1) is 20.8 Å². The number of carbonyl (C=O) groups excluding carboxylic acids is 10. The van der Waals surface area contributed by atoms with E-state index in [4.69, 9.17) is 54.5 Å². The molecule has 9 rings (SSSR count). The van der Waals surface area contributed by atoms with Gasteiger partial charge < -0.3 is 119 Å². The van der Waals surface area contributed by atoms with E-state index in [1.807, 2.05) is 54.8 Å². The van der Waals surface area contributed by atoms with E-state index < -0.39 is 47.4 Å². The van der Waals surface area contributed by atoms with E-state index in [9.17, 15) is 47.9 Å². The summed E-state index contributed by atoms with van der Waals surface area (Å²) in [6, 6.07) is 9.87. The highest BCUT2D eigenvalue weighted by Crippen LogP contribution is 2.40. The first kappa shape index (κ1) is 94.4. The second-order valence-electron chi connectivity index (χ2n) is 28.3. The Morgan fingerprint density at radius 2 is 0.852 bits per heavy atom. The van der Waals surface area contributed by atoms with Gasteiger partial charge in [-0.1, -0.05) is 23.7 Å². The van der Waals surface area contributed by atoms with Crippen LogP contribution in [0.25, 0.3) is 5.00 Å². The van der Waals surface area contributed by atoms with Crippen molar-refractivity contribution < 1.29 is 85.8 Å². The Labute approximate surface area is 713 Å². The predicted molar refractivity (Wildman–Crippen MR) is 451 cm³/mol. The highest BCUT2D eigenvalue weighted by molar-refractivity contribution is 7.15. The summed E-state index contributed by atoms with van der Waals surface area (Å²) in [5.41, 5.74) is 4.67. The highest BCUT2D eigenvalue weighted by atomic mass is 35.5. The van der Waals surface area contributed by atoms with Gasteiger partial charge in [-0.05, 0) is 77.7 Å². The molecule has 1 aliphatic rings. The third-order valence-corrected chi connectivity index (χ3v) is 19.9. The maximum absolute atomic E-state index is 13.4. The molecule has 43 heteroatoms. The number of anilines is 5. The monoisotopic (exact) mass is 1730 g/mol. The Morgan fingerprint density at radius 3 is 1.31 bits per heavy atom. The van der Waals surface area contributed by atoms with Crippen molar-refractivity contribution in [2.75, 3.05) is 186 Å². The lowest BCUT2D eigenvalue weighted by molar-refractivity contribution is -0.122. The van der Waals surface area contributed by atoms with Crippen LogP contribution in [-0.4, -0.2) is 281 Å². The number of hydrogen-bond donors (Lipinski definition) is 10. The normalized spacial score (nSPS) is 12.3. The van der Waals surface area contributed by atoms with E-state index in [1.54, 1.807) is 46.6 Å². The molecular formula is C79H108ClN23O18S.